The van der Waals surface area contributed by atoms with Gasteiger partial charge in [-0.05, 0) is 104 Å². The first kappa shape index (κ1) is 53.7. The number of amides is 6. The molecule has 0 bridgehead atoms. The van der Waals surface area contributed by atoms with E-state index < -0.39 is 94.3 Å². The first-order valence-electron chi connectivity index (χ1n) is 22.0. The first-order chi connectivity index (χ1) is 30.6. The molecule has 0 unspecified atom stereocenters. The number of phenols is 2. The zero-order chi connectivity index (χ0) is 49.8. The highest BCUT2D eigenvalue weighted by Gasteiger charge is 2.38. The molecule has 0 saturated carbocycles. The highest BCUT2D eigenvalue weighted by atomic mass is 16.6. The van der Waals surface area contributed by atoms with Gasteiger partial charge in [-0.2, -0.15) is 0 Å². The van der Waals surface area contributed by atoms with Crippen molar-refractivity contribution in [2.75, 3.05) is 36.8 Å². The summed E-state index contributed by atoms with van der Waals surface area (Å²) in [7, 11) is 0. The van der Waals surface area contributed by atoms with Gasteiger partial charge in [0, 0.05) is 37.6 Å². The number of anilines is 2. The number of alkyl carbamates (subject to hydrolysis) is 2. The number of hydrogen-bond donors (Lipinski definition) is 10. The Morgan fingerprint density at radius 3 is 1.14 bits per heavy atom. The van der Waals surface area contributed by atoms with Crippen molar-refractivity contribution in [2.45, 2.75) is 131 Å². The van der Waals surface area contributed by atoms with Crippen LogP contribution in [0.5, 0.6) is 11.5 Å². The lowest BCUT2D eigenvalue weighted by atomic mass is 9.81. The Labute approximate surface area is 385 Å². The Balaban J connectivity index is 1.75. The van der Waals surface area contributed by atoms with Gasteiger partial charge in [0.05, 0.1) is 22.3 Å². The van der Waals surface area contributed by atoms with Crippen LogP contribution in [0.25, 0.3) is 0 Å². The SMILES string of the molecule is CC(C)C[C@H](NC(=O)[C@H](C)NC(=O)OC(C)(C)C)C(=O)NCCNc1ccc(NCCNC(=O)[C@H](CC(C)C)NC(=O)[C@H](C)NC(=O)OC(C)(C)C)c2c1C(=O)c1c(O)ccc(O)c1C2=O. The molecule has 0 spiro atoms. The van der Waals surface area contributed by atoms with Crippen molar-refractivity contribution in [3.8, 4) is 11.5 Å². The molecule has 364 valence electrons. The van der Waals surface area contributed by atoms with Crippen molar-refractivity contribution in [3.05, 3.63) is 46.5 Å². The van der Waals surface area contributed by atoms with Crippen molar-refractivity contribution in [2.24, 2.45) is 11.8 Å². The van der Waals surface area contributed by atoms with Crippen LogP contribution < -0.4 is 42.5 Å². The molecule has 10 N–H and O–H groups in total. The highest BCUT2D eigenvalue weighted by Crippen LogP contribution is 2.42. The second-order valence-corrected chi connectivity index (χ2v) is 19.0. The van der Waals surface area contributed by atoms with Crippen molar-refractivity contribution in [1.82, 2.24) is 31.9 Å². The van der Waals surface area contributed by atoms with Gasteiger partial charge in [0.1, 0.15) is 46.9 Å². The van der Waals surface area contributed by atoms with Gasteiger partial charge in [-0.1, -0.05) is 27.7 Å². The molecule has 4 atom stereocenters. The summed E-state index contributed by atoms with van der Waals surface area (Å²) in [5.41, 5.74) is -2.19. The van der Waals surface area contributed by atoms with Gasteiger partial charge < -0.3 is 62.2 Å². The van der Waals surface area contributed by atoms with Crippen molar-refractivity contribution >= 4 is 58.8 Å². The Bertz CT molecular complexity index is 2000. The molecule has 2 aromatic carbocycles. The van der Waals surface area contributed by atoms with Crippen molar-refractivity contribution < 1.29 is 58.0 Å². The summed E-state index contributed by atoms with van der Waals surface area (Å²) >= 11 is 0. The van der Waals surface area contributed by atoms with E-state index in [1.807, 2.05) is 27.7 Å². The number of fused-ring (bicyclic) bond motifs is 2. The maximum Gasteiger partial charge on any atom is 0.408 e. The molecule has 1 aliphatic carbocycles. The summed E-state index contributed by atoms with van der Waals surface area (Å²) in [4.78, 5) is 105. The Morgan fingerprint density at radius 1 is 0.500 bits per heavy atom. The Kier molecular flexibility index (Phi) is 18.8. The van der Waals surface area contributed by atoms with Gasteiger partial charge in [-0.25, -0.2) is 9.59 Å². The molecule has 0 saturated heterocycles. The third-order valence-electron chi connectivity index (χ3n) is 9.69. The molecular weight excluding hydrogens is 857 g/mol. The minimum atomic E-state index is -1.01. The maximum atomic E-state index is 14.1. The van der Waals surface area contributed by atoms with E-state index in [9.17, 15) is 48.6 Å². The van der Waals surface area contributed by atoms with Crippen LogP contribution >= 0.6 is 0 Å². The van der Waals surface area contributed by atoms with E-state index in [1.54, 1.807) is 41.5 Å². The highest BCUT2D eigenvalue weighted by molar-refractivity contribution is 6.33. The second kappa shape index (κ2) is 23.0. The fourth-order valence-electron chi connectivity index (χ4n) is 6.77. The van der Waals surface area contributed by atoms with Crippen LogP contribution in [0.15, 0.2) is 24.3 Å². The molecular formula is C46H68N8O12. The molecule has 0 radical (unpaired) electrons. The van der Waals surface area contributed by atoms with Crippen molar-refractivity contribution in [3.63, 3.8) is 0 Å². The summed E-state index contributed by atoms with van der Waals surface area (Å²) in [6.45, 7) is 20.7. The van der Waals surface area contributed by atoms with E-state index in [0.29, 0.717) is 0 Å². The second-order valence-electron chi connectivity index (χ2n) is 19.0. The average molecular weight is 925 g/mol. The average Bonchev–Trinajstić information content (AvgIpc) is 3.18. The standard InChI is InChI=1S/C46H68N8O12/c1-23(2)21-29(53-39(59)25(5)51-43(63)65-45(7,8)9)41(61)49-19-17-47-27-13-14-28(34-33(27)37(57)35-31(55)15-16-32(56)36(35)38(34)58)48-18-20-50-42(62)30(22-24(3)4)54-40(60)26(6)52-44(64)66-46(10,11)12/h13-16,23-26,29-30,47-48,55-56H,17-22H2,1-12H3,(H,49,61)(H,50,62)(H,51,63)(H,52,64)(H,53,59)(H,54,60)/t25-,26-,29-,30-/m0/s1. The number of aromatic hydroxyl groups is 2. The fourth-order valence-corrected chi connectivity index (χ4v) is 6.77. The van der Waals surface area contributed by atoms with E-state index in [0.717, 1.165) is 12.1 Å². The summed E-state index contributed by atoms with van der Waals surface area (Å²) in [5.74, 6) is -4.73. The summed E-state index contributed by atoms with van der Waals surface area (Å²) < 4.78 is 10.4. The summed E-state index contributed by atoms with van der Waals surface area (Å²) in [5, 5.41) is 43.4. The Hall–Kier alpha value is -6.60. The minimum absolute atomic E-state index is 0.00476. The normalized spacial score (nSPS) is 14.1. The van der Waals surface area contributed by atoms with E-state index in [2.05, 4.69) is 42.5 Å². The number of carbonyl (C=O) groups is 8. The predicted molar refractivity (Wildman–Crippen MR) is 247 cm³/mol. The predicted octanol–water partition coefficient (Wildman–Crippen LogP) is 3.82. The molecule has 3 rings (SSSR count). The van der Waals surface area contributed by atoms with Crippen molar-refractivity contribution in [1.29, 1.82) is 0 Å². The molecule has 1 aliphatic rings. The smallest absolute Gasteiger partial charge is 0.408 e. The molecule has 20 nitrogen and oxygen atoms in total. The Morgan fingerprint density at radius 2 is 0.833 bits per heavy atom. The number of rotatable bonds is 20. The van der Waals surface area contributed by atoms with Crippen LogP contribution in [0.3, 0.4) is 0 Å². The summed E-state index contributed by atoms with van der Waals surface area (Å²) in [6.07, 6.45) is -1.01. The molecule has 2 aromatic rings. The van der Waals surface area contributed by atoms with Gasteiger partial charge in [-0.15, -0.1) is 0 Å². The van der Waals surface area contributed by atoms with E-state index in [4.69, 9.17) is 9.47 Å². The van der Waals surface area contributed by atoms with E-state index in [1.165, 1.54) is 26.0 Å². The number of ether oxygens (including phenoxy) is 2. The number of ketones is 2. The molecule has 66 heavy (non-hydrogen) atoms. The quantitative estimate of drug-likeness (QED) is 0.0570. The number of carbonyl (C=O) groups excluding carboxylic acids is 8. The van der Waals surface area contributed by atoms with Gasteiger partial charge in [0.25, 0.3) is 0 Å². The van der Waals surface area contributed by atoms with Crippen LogP contribution in [0.2, 0.25) is 0 Å². The third kappa shape index (κ3) is 15.8. The first-order valence-corrected chi connectivity index (χ1v) is 22.0. The monoisotopic (exact) mass is 924 g/mol. The van der Waals surface area contributed by atoms with Crippen LogP contribution in [-0.2, 0) is 28.7 Å². The molecule has 0 heterocycles. The van der Waals surface area contributed by atoms with Gasteiger partial charge >= 0.3 is 12.2 Å². The zero-order valence-corrected chi connectivity index (χ0v) is 40.0. The zero-order valence-electron chi connectivity index (χ0n) is 40.0. The maximum absolute atomic E-state index is 14.1. The molecule has 0 fully saturated rings. The number of nitrogens with one attached hydrogen (secondary N) is 8. The van der Waals surface area contributed by atoms with E-state index >= 15 is 0 Å². The molecule has 6 amide bonds. The van der Waals surface area contributed by atoms with Crippen LogP contribution in [0, 0.1) is 11.8 Å². The lowest BCUT2D eigenvalue weighted by Crippen LogP contribution is -2.54. The topological polar surface area (TPSA) is 292 Å². The summed E-state index contributed by atoms with van der Waals surface area (Å²) in [6, 6.07) is 1.34. The van der Waals surface area contributed by atoms with Crippen LogP contribution in [0.1, 0.15) is 128 Å². The lowest BCUT2D eigenvalue weighted by molar-refractivity contribution is -0.130. The largest absolute Gasteiger partial charge is 0.507 e. The number of hydrogen-bond acceptors (Lipinski definition) is 14. The van der Waals surface area contributed by atoms with Gasteiger partial charge in [0.15, 0.2) is 0 Å². The number of phenolic OH excluding ortho intramolecular Hbond substituents is 2. The van der Waals surface area contributed by atoms with Crippen LogP contribution in [0.4, 0.5) is 21.0 Å². The fraction of sp³-hybridized carbons (Fsp3) is 0.565. The molecule has 20 heteroatoms. The lowest BCUT2D eigenvalue weighted by Gasteiger charge is -2.25. The molecule has 0 aromatic heterocycles. The number of benzene rings is 2. The van der Waals surface area contributed by atoms with Crippen LogP contribution in [-0.4, -0.2) is 119 Å². The van der Waals surface area contributed by atoms with Gasteiger partial charge in [-0.3, -0.25) is 28.8 Å². The van der Waals surface area contributed by atoms with Gasteiger partial charge in [0.2, 0.25) is 35.2 Å². The van der Waals surface area contributed by atoms with E-state index in [-0.39, 0.29) is 84.5 Å². The third-order valence-corrected chi connectivity index (χ3v) is 9.69. The molecule has 0 aliphatic heterocycles. The minimum Gasteiger partial charge on any atom is -0.507 e.